The summed E-state index contributed by atoms with van der Waals surface area (Å²) in [5.41, 5.74) is 1.99. The molecule has 0 saturated heterocycles. The lowest BCUT2D eigenvalue weighted by molar-refractivity contribution is 0.415. The van der Waals surface area contributed by atoms with Gasteiger partial charge in [0.15, 0.2) is 5.11 Å². The molecule has 0 bridgehead atoms. The summed E-state index contributed by atoms with van der Waals surface area (Å²) >= 11 is 11.2. The molecule has 0 heterocycles. The number of methoxy groups -OCH3 is 1. The van der Waals surface area contributed by atoms with Gasteiger partial charge in [-0.3, -0.25) is 0 Å². The molecule has 2 N–H and O–H groups in total. The van der Waals surface area contributed by atoms with Gasteiger partial charge in [0.2, 0.25) is 0 Å². The van der Waals surface area contributed by atoms with Crippen LogP contribution in [-0.2, 0) is 6.54 Å². The van der Waals surface area contributed by atoms with Crippen LogP contribution in [0.3, 0.4) is 0 Å². The summed E-state index contributed by atoms with van der Waals surface area (Å²) in [7, 11) is 1.64. The molecule has 104 valence electrons. The van der Waals surface area contributed by atoms with E-state index in [0.717, 1.165) is 22.0 Å². The van der Waals surface area contributed by atoms with Gasteiger partial charge in [-0.05, 0) is 54.2 Å². The Morgan fingerprint density at radius 3 is 2.60 bits per heavy atom. The molecule has 0 aromatic heterocycles. The average molecular weight is 307 g/mol. The van der Waals surface area contributed by atoms with Crippen molar-refractivity contribution in [2.45, 2.75) is 6.54 Å². The third-order valence-electron chi connectivity index (χ3n) is 2.69. The molecular formula is C15H15ClN2OS. The monoisotopic (exact) mass is 306 g/mol. The first-order valence-corrected chi connectivity index (χ1v) is 6.89. The van der Waals surface area contributed by atoms with Crippen molar-refractivity contribution in [3.8, 4) is 5.75 Å². The molecule has 2 rings (SSSR count). The van der Waals surface area contributed by atoms with Crippen molar-refractivity contribution in [3.63, 3.8) is 0 Å². The highest BCUT2D eigenvalue weighted by Crippen LogP contribution is 2.15. The molecule has 0 fully saturated rings. The second-order valence-corrected chi connectivity index (χ2v) is 5.01. The standard InChI is InChI=1S/C15H15ClN2OS/c1-19-14-7-5-13(6-8-14)18-15(20)17-10-11-3-2-4-12(16)9-11/h2-9H,10H2,1H3,(H2,17,18,20). The number of nitrogens with one attached hydrogen (secondary N) is 2. The van der Waals surface area contributed by atoms with Gasteiger partial charge in [0.05, 0.1) is 7.11 Å². The summed E-state index contributed by atoms with van der Waals surface area (Å²) in [6.45, 7) is 0.628. The Morgan fingerprint density at radius 2 is 1.95 bits per heavy atom. The molecule has 2 aromatic carbocycles. The number of rotatable bonds is 4. The topological polar surface area (TPSA) is 33.3 Å². The SMILES string of the molecule is COc1ccc(NC(=S)NCc2cccc(Cl)c2)cc1. The lowest BCUT2D eigenvalue weighted by Gasteiger charge is -2.11. The quantitative estimate of drug-likeness (QED) is 0.841. The van der Waals surface area contributed by atoms with E-state index in [1.165, 1.54) is 0 Å². The number of hydrogen-bond acceptors (Lipinski definition) is 2. The predicted octanol–water partition coefficient (Wildman–Crippen LogP) is 3.84. The molecule has 0 aliphatic rings. The molecule has 0 amide bonds. The van der Waals surface area contributed by atoms with Crippen molar-refractivity contribution < 1.29 is 4.74 Å². The fourth-order valence-corrected chi connectivity index (χ4v) is 2.08. The Hall–Kier alpha value is -1.78. The van der Waals surface area contributed by atoms with Crippen molar-refractivity contribution in [1.82, 2.24) is 5.32 Å². The maximum absolute atomic E-state index is 5.93. The number of benzene rings is 2. The molecule has 0 unspecified atom stereocenters. The smallest absolute Gasteiger partial charge is 0.171 e. The van der Waals surface area contributed by atoms with E-state index in [-0.39, 0.29) is 0 Å². The van der Waals surface area contributed by atoms with Gasteiger partial charge in [-0.1, -0.05) is 23.7 Å². The minimum Gasteiger partial charge on any atom is -0.497 e. The van der Waals surface area contributed by atoms with E-state index in [0.29, 0.717) is 11.7 Å². The summed E-state index contributed by atoms with van der Waals surface area (Å²) in [6.07, 6.45) is 0. The average Bonchev–Trinajstić information content (AvgIpc) is 2.46. The zero-order chi connectivity index (χ0) is 14.4. The summed E-state index contributed by atoms with van der Waals surface area (Å²) in [6, 6.07) is 15.2. The van der Waals surface area contributed by atoms with Crippen LogP contribution in [0.1, 0.15) is 5.56 Å². The minimum atomic E-state index is 0.565. The predicted molar refractivity (Wildman–Crippen MR) is 87.5 cm³/mol. The fraction of sp³-hybridized carbons (Fsp3) is 0.133. The molecule has 0 aliphatic carbocycles. The Labute approximate surface area is 128 Å². The molecule has 0 atom stereocenters. The molecule has 20 heavy (non-hydrogen) atoms. The van der Waals surface area contributed by atoms with Crippen LogP contribution in [0.4, 0.5) is 5.69 Å². The first-order chi connectivity index (χ1) is 9.67. The minimum absolute atomic E-state index is 0.565. The van der Waals surface area contributed by atoms with Crippen molar-refractivity contribution in [1.29, 1.82) is 0 Å². The maximum atomic E-state index is 5.93. The van der Waals surface area contributed by atoms with Crippen LogP contribution >= 0.6 is 23.8 Å². The van der Waals surface area contributed by atoms with Gasteiger partial charge in [-0.2, -0.15) is 0 Å². The molecule has 0 saturated carbocycles. The highest BCUT2D eigenvalue weighted by Gasteiger charge is 1.99. The van der Waals surface area contributed by atoms with Gasteiger partial charge in [-0.25, -0.2) is 0 Å². The lowest BCUT2D eigenvalue weighted by atomic mass is 10.2. The van der Waals surface area contributed by atoms with Crippen molar-refractivity contribution in [2.75, 3.05) is 12.4 Å². The van der Waals surface area contributed by atoms with E-state index < -0.39 is 0 Å². The fourth-order valence-electron chi connectivity index (χ4n) is 1.68. The van der Waals surface area contributed by atoms with E-state index >= 15 is 0 Å². The normalized spacial score (nSPS) is 9.90. The van der Waals surface area contributed by atoms with Gasteiger partial charge in [0, 0.05) is 17.3 Å². The molecule has 0 aliphatic heterocycles. The number of anilines is 1. The molecule has 5 heteroatoms. The van der Waals surface area contributed by atoms with E-state index in [1.54, 1.807) is 7.11 Å². The Kier molecular flexibility index (Phi) is 5.21. The first-order valence-electron chi connectivity index (χ1n) is 6.11. The van der Waals surface area contributed by atoms with E-state index in [1.807, 2.05) is 48.5 Å². The number of ether oxygens (including phenoxy) is 1. The second-order valence-electron chi connectivity index (χ2n) is 4.17. The van der Waals surface area contributed by atoms with Crippen LogP contribution in [0.5, 0.6) is 5.75 Å². The van der Waals surface area contributed by atoms with E-state index in [4.69, 9.17) is 28.6 Å². The van der Waals surface area contributed by atoms with Gasteiger partial charge in [-0.15, -0.1) is 0 Å². The Morgan fingerprint density at radius 1 is 1.20 bits per heavy atom. The largest absolute Gasteiger partial charge is 0.497 e. The van der Waals surface area contributed by atoms with E-state index in [9.17, 15) is 0 Å². The van der Waals surface area contributed by atoms with Crippen molar-refractivity contribution in [3.05, 3.63) is 59.1 Å². The molecule has 3 nitrogen and oxygen atoms in total. The maximum Gasteiger partial charge on any atom is 0.171 e. The van der Waals surface area contributed by atoms with Crippen molar-refractivity contribution >= 4 is 34.6 Å². The second kappa shape index (κ2) is 7.12. The van der Waals surface area contributed by atoms with Gasteiger partial charge in [0.1, 0.15) is 5.75 Å². The van der Waals surface area contributed by atoms with E-state index in [2.05, 4.69) is 10.6 Å². The summed E-state index contributed by atoms with van der Waals surface area (Å²) in [5.74, 6) is 0.813. The van der Waals surface area contributed by atoms with Gasteiger partial charge >= 0.3 is 0 Å². The third-order valence-corrected chi connectivity index (χ3v) is 3.17. The molecule has 0 radical (unpaired) electrons. The zero-order valence-corrected chi connectivity index (χ0v) is 12.6. The summed E-state index contributed by atoms with van der Waals surface area (Å²) < 4.78 is 5.10. The number of hydrogen-bond donors (Lipinski definition) is 2. The van der Waals surface area contributed by atoms with Crippen LogP contribution in [0.15, 0.2) is 48.5 Å². The van der Waals surface area contributed by atoms with Crippen molar-refractivity contribution in [2.24, 2.45) is 0 Å². The summed E-state index contributed by atoms with van der Waals surface area (Å²) in [4.78, 5) is 0. The van der Waals surface area contributed by atoms with Gasteiger partial charge < -0.3 is 15.4 Å². The molecule has 0 spiro atoms. The Balaban J connectivity index is 1.85. The van der Waals surface area contributed by atoms with Crippen LogP contribution in [0, 0.1) is 0 Å². The van der Waals surface area contributed by atoms with Gasteiger partial charge in [0.25, 0.3) is 0 Å². The summed E-state index contributed by atoms with van der Waals surface area (Å²) in [5, 5.41) is 7.53. The van der Waals surface area contributed by atoms with Crippen LogP contribution in [0.25, 0.3) is 0 Å². The van der Waals surface area contributed by atoms with Crippen LogP contribution < -0.4 is 15.4 Å². The highest BCUT2D eigenvalue weighted by atomic mass is 35.5. The molecular weight excluding hydrogens is 292 g/mol. The number of halogens is 1. The molecule has 2 aromatic rings. The zero-order valence-electron chi connectivity index (χ0n) is 11.0. The van der Waals surface area contributed by atoms with Crippen LogP contribution in [0.2, 0.25) is 5.02 Å². The number of thiocarbonyl (C=S) groups is 1. The third kappa shape index (κ3) is 4.40. The Bertz CT molecular complexity index is 587. The highest BCUT2D eigenvalue weighted by molar-refractivity contribution is 7.80. The first kappa shape index (κ1) is 14.6. The lowest BCUT2D eigenvalue weighted by Crippen LogP contribution is -2.27. The van der Waals surface area contributed by atoms with Crippen LogP contribution in [-0.4, -0.2) is 12.2 Å².